The Kier molecular flexibility index (Phi) is 4.74. The number of carboxylic acids is 1. The number of aromatic carboxylic acids is 1. The van der Waals surface area contributed by atoms with Gasteiger partial charge in [0.2, 0.25) is 0 Å². The van der Waals surface area contributed by atoms with Gasteiger partial charge >= 0.3 is 5.97 Å². The highest BCUT2D eigenvalue weighted by molar-refractivity contribution is 5.87. The molecule has 0 saturated carbocycles. The van der Waals surface area contributed by atoms with Crippen molar-refractivity contribution in [3.63, 3.8) is 0 Å². The Morgan fingerprint density at radius 3 is 2.30 bits per heavy atom. The summed E-state index contributed by atoms with van der Waals surface area (Å²) in [5, 5.41) is 21.8. The lowest BCUT2D eigenvalue weighted by Crippen LogP contribution is -2.21. The van der Waals surface area contributed by atoms with E-state index < -0.39 is 12.1 Å². The topological polar surface area (TPSA) is 69.6 Å². The Balaban J connectivity index is 1.84. The van der Waals surface area contributed by atoms with Crippen LogP contribution in [0.1, 0.15) is 15.9 Å². The molecule has 2 aromatic carbocycles. The largest absolute Gasteiger partial charge is 0.478 e. The molecule has 104 valence electrons. The highest BCUT2D eigenvalue weighted by atomic mass is 16.4. The number of carbonyl (C=O) groups is 1. The second-order valence-electron chi connectivity index (χ2n) is 4.61. The minimum Gasteiger partial charge on any atom is -0.478 e. The van der Waals surface area contributed by atoms with Crippen LogP contribution >= 0.6 is 0 Å². The summed E-state index contributed by atoms with van der Waals surface area (Å²) in [6.45, 7) is 0.418. The van der Waals surface area contributed by atoms with Crippen LogP contribution in [0.5, 0.6) is 0 Å². The van der Waals surface area contributed by atoms with Gasteiger partial charge in [0.25, 0.3) is 0 Å². The van der Waals surface area contributed by atoms with Crippen molar-refractivity contribution in [1.82, 2.24) is 0 Å². The van der Waals surface area contributed by atoms with E-state index in [9.17, 15) is 9.90 Å². The molecule has 0 aliphatic rings. The highest BCUT2D eigenvalue weighted by Gasteiger charge is 2.06. The van der Waals surface area contributed by atoms with Crippen LogP contribution in [0.3, 0.4) is 0 Å². The van der Waals surface area contributed by atoms with Crippen LogP contribution in [0.15, 0.2) is 54.6 Å². The molecule has 0 bridgehead atoms. The van der Waals surface area contributed by atoms with E-state index in [1.807, 2.05) is 30.3 Å². The summed E-state index contributed by atoms with van der Waals surface area (Å²) in [4.78, 5) is 10.7. The fourth-order valence-electron chi connectivity index (χ4n) is 1.92. The number of anilines is 1. The van der Waals surface area contributed by atoms with E-state index in [1.54, 1.807) is 12.1 Å². The van der Waals surface area contributed by atoms with Gasteiger partial charge in [0, 0.05) is 18.7 Å². The Hall–Kier alpha value is -2.33. The van der Waals surface area contributed by atoms with Crippen LogP contribution < -0.4 is 5.32 Å². The predicted octanol–water partition coefficient (Wildman–Crippen LogP) is 2.40. The molecule has 0 saturated heterocycles. The van der Waals surface area contributed by atoms with Crippen LogP contribution in [0.25, 0.3) is 0 Å². The van der Waals surface area contributed by atoms with Gasteiger partial charge in [0.05, 0.1) is 11.7 Å². The molecule has 2 rings (SSSR count). The van der Waals surface area contributed by atoms with Crippen molar-refractivity contribution in [2.75, 3.05) is 11.9 Å². The van der Waals surface area contributed by atoms with Gasteiger partial charge < -0.3 is 15.5 Å². The highest BCUT2D eigenvalue weighted by Crippen LogP contribution is 2.10. The smallest absolute Gasteiger partial charge is 0.335 e. The Labute approximate surface area is 117 Å². The molecule has 0 aromatic heterocycles. The lowest BCUT2D eigenvalue weighted by molar-refractivity contribution is 0.0697. The molecule has 0 heterocycles. The quantitative estimate of drug-likeness (QED) is 0.754. The van der Waals surface area contributed by atoms with Crippen LogP contribution in [0, 0.1) is 0 Å². The average molecular weight is 271 g/mol. The Morgan fingerprint density at radius 1 is 1.05 bits per heavy atom. The maximum Gasteiger partial charge on any atom is 0.335 e. The van der Waals surface area contributed by atoms with Crippen LogP contribution in [-0.4, -0.2) is 28.8 Å². The molecule has 0 amide bonds. The van der Waals surface area contributed by atoms with Gasteiger partial charge in [-0.1, -0.05) is 30.3 Å². The van der Waals surface area contributed by atoms with E-state index in [1.165, 1.54) is 12.1 Å². The Bertz CT molecular complexity index is 552. The number of rotatable bonds is 6. The van der Waals surface area contributed by atoms with Gasteiger partial charge in [0.1, 0.15) is 0 Å². The normalized spacial score (nSPS) is 11.8. The summed E-state index contributed by atoms with van der Waals surface area (Å²) in [5.74, 6) is -0.944. The summed E-state index contributed by atoms with van der Waals surface area (Å²) in [7, 11) is 0. The van der Waals surface area contributed by atoms with E-state index in [4.69, 9.17) is 5.11 Å². The monoisotopic (exact) mass is 271 g/mol. The van der Waals surface area contributed by atoms with E-state index in [0.29, 0.717) is 13.0 Å². The van der Waals surface area contributed by atoms with Crippen molar-refractivity contribution in [3.05, 3.63) is 65.7 Å². The average Bonchev–Trinajstić information content (AvgIpc) is 2.46. The van der Waals surface area contributed by atoms with Gasteiger partial charge in [-0.05, 0) is 29.8 Å². The molecule has 2 aromatic rings. The summed E-state index contributed by atoms with van der Waals surface area (Å²) in [6.07, 6.45) is 0.0951. The summed E-state index contributed by atoms with van der Waals surface area (Å²) in [5.41, 5.74) is 2.13. The molecule has 20 heavy (non-hydrogen) atoms. The molecular formula is C16H17NO3. The third-order valence-corrected chi connectivity index (χ3v) is 2.99. The first-order valence-corrected chi connectivity index (χ1v) is 6.44. The zero-order valence-electron chi connectivity index (χ0n) is 11.0. The SMILES string of the molecule is O=C(O)c1ccc(NC[C@H](O)Cc2ccccc2)cc1. The molecule has 0 aliphatic heterocycles. The molecule has 0 fully saturated rings. The number of hydrogen-bond acceptors (Lipinski definition) is 3. The van der Waals surface area contributed by atoms with Gasteiger partial charge in [-0.2, -0.15) is 0 Å². The number of nitrogens with one attached hydrogen (secondary N) is 1. The lowest BCUT2D eigenvalue weighted by atomic mass is 10.1. The standard InChI is InChI=1S/C16H17NO3/c18-15(10-12-4-2-1-3-5-12)11-17-14-8-6-13(7-9-14)16(19)20/h1-9,15,17-18H,10-11H2,(H,19,20)/t15-/m1/s1. The summed E-state index contributed by atoms with van der Waals surface area (Å²) in [6, 6.07) is 16.2. The van der Waals surface area contributed by atoms with Crippen molar-refractivity contribution in [1.29, 1.82) is 0 Å². The van der Waals surface area contributed by atoms with E-state index in [2.05, 4.69) is 5.32 Å². The fraction of sp³-hybridized carbons (Fsp3) is 0.188. The van der Waals surface area contributed by atoms with Crippen LogP contribution in [0.4, 0.5) is 5.69 Å². The molecule has 0 unspecified atom stereocenters. The minimum absolute atomic E-state index is 0.250. The zero-order chi connectivity index (χ0) is 14.4. The second kappa shape index (κ2) is 6.73. The number of carboxylic acid groups (broad SMARTS) is 1. The van der Waals surface area contributed by atoms with Crippen LogP contribution in [0.2, 0.25) is 0 Å². The third kappa shape index (κ3) is 4.10. The van der Waals surface area contributed by atoms with Crippen molar-refractivity contribution >= 4 is 11.7 Å². The maximum absolute atomic E-state index is 10.7. The van der Waals surface area contributed by atoms with Gasteiger partial charge in [-0.15, -0.1) is 0 Å². The molecule has 0 spiro atoms. The van der Waals surface area contributed by atoms with Gasteiger partial charge in [-0.25, -0.2) is 4.79 Å². The number of aliphatic hydroxyl groups excluding tert-OH is 1. The summed E-state index contributed by atoms with van der Waals surface area (Å²) >= 11 is 0. The zero-order valence-corrected chi connectivity index (χ0v) is 11.0. The minimum atomic E-state index is -0.944. The first-order valence-electron chi connectivity index (χ1n) is 6.44. The molecule has 3 N–H and O–H groups in total. The molecule has 1 atom stereocenters. The van der Waals surface area contributed by atoms with Crippen molar-refractivity contribution < 1.29 is 15.0 Å². The lowest BCUT2D eigenvalue weighted by Gasteiger charge is -2.13. The van der Waals surface area contributed by atoms with Gasteiger partial charge in [0.15, 0.2) is 0 Å². The molecule has 4 heteroatoms. The number of hydrogen-bond donors (Lipinski definition) is 3. The van der Waals surface area contributed by atoms with Gasteiger partial charge in [-0.3, -0.25) is 0 Å². The number of aliphatic hydroxyl groups is 1. The third-order valence-electron chi connectivity index (χ3n) is 2.99. The molecule has 4 nitrogen and oxygen atoms in total. The molecule has 0 radical (unpaired) electrons. The van der Waals surface area contributed by atoms with Crippen molar-refractivity contribution in [3.8, 4) is 0 Å². The first-order chi connectivity index (χ1) is 9.65. The predicted molar refractivity (Wildman–Crippen MR) is 78.0 cm³/mol. The van der Waals surface area contributed by atoms with E-state index in [-0.39, 0.29) is 5.56 Å². The summed E-state index contributed by atoms with van der Waals surface area (Å²) < 4.78 is 0. The molecule has 0 aliphatic carbocycles. The van der Waals surface area contributed by atoms with Crippen molar-refractivity contribution in [2.24, 2.45) is 0 Å². The van der Waals surface area contributed by atoms with Crippen LogP contribution in [-0.2, 0) is 6.42 Å². The van der Waals surface area contributed by atoms with E-state index in [0.717, 1.165) is 11.3 Å². The first kappa shape index (κ1) is 14.1. The Morgan fingerprint density at radius 2 is 1.70 bits per heavy atom. The number of benzene rings is 2. The molecular weight excluding hydrogens is 254 g/mol. The van der Waals surface area contributed by atoms with Crippen molar-refractivity contribution in [2.45, 2.75) is 12.5 Å². The van der Waals surface area contributed by atoms with E-state index >= 15 is 0 Å². The second-order valence-corrected chi connectivity index (χ2v) is 4.61. The maximum atomic E-state index is 10.7. The fourth-order valence-corrected chi connectivity index (χ4v) is 1.92.